The quantitative estimate of drug-likeness (QED) is 0.189. The van der Waals surface area contributed by atoms with Gasteiger partial charge < -0.3 is 4.42 Å². The van der Waals surface area contributed by atoms with Crippen LogP contribution in [0.4, 0.5) is 24.5 Å². The van der Waals surface area contributed by atoms with E-state index in [-0.39, 0.29) is 27.0 Å². The van der Waals surface area contributed by atoms with Crippen molar-refractivity contribution in [3.05, 3.63) is 87.7 Å². The van der Waals surface area contributed by atoms with Gasteiger partial charge in [-0.05, 0) is 72.8 Å². The van der Waals surface area contributed by atoms with Crippen LogP contribution in [-0.4, -0.2) is 21.8 Å². The van der Waals surface area contributed by atoms with Crippen LogP contribution >= 0.6 is 34.5 Å². The second-order valence-electron chi connectivity index (χ2n) is 8.19. The number of sulfonamides is 2. The predicted octanol–water partition coefficient (Wildman–Crippen LogP) is 7.48. The van der Waals surface area contributed by atoms with Crippen LogP contribution in [0.1, 0.15) is 5.56 Å². The summed E-state index contributed by atoms with van der Waals surface area (Å²) < 4.78 is 101. The highest BCUT2D eigenvalue weighted by atomic mass is 35.5. The molecule has 0 fully saturated rings. The fourth-order valence-corrected chi connectivity index (χ4v) is 7.39. The van der Waals surface area contributed by atoms with Gasteiger partial charge in [0.15, 0.2) is 5.58 Å². The molecule has 0 saturated carbocycles. The number of hydrogen-bond acceptors (Lipinski definition) is 7. The molecule has 0 unspecified atom stereocenters. The Morgan fingerprint density at radius 2 is 1.48 bits per heavy atom. The number of benzene rings is 3. The standard InChI is InChI=1S/C24H14Cl2F3N3O5S3/c25-18-7-6-16(12-17(18)24(27,28)29)39(33,34)32-15-5-8-20-19(11-15)30-23(37-20)13-1-3-14(4-2-13)31-40(35,36)22-10-9-21(26)38-22/h1-12,31-32H. The van der Waals surface area contributed by atoms with E-state index in [9.17, 15) is 30.0 Å². The van der Waals surface area contributed by atoms with Crippen LogP contribution < -0.4 is 9.44 Å². The smallest absolute Gasteiger partial charge is 0.417 e. The average molecular weight is 648 g/mol. The molecule has 3 aromatic carbocycles. The van der Waals surface area contributed by atoms with Crippen molar-refractivity contribution in [2.24, 2.45) is 0 Å². The van der Waals surface area contributed by atoms with Gasteiger partial charge in [0.25, 0.3) is 20.0 Å². The molecule has 2 N–H and O–H groups in total. The Morgan fingerprint density at radius 3 is 2.12 bits per heavy atom. The van der Waals surface area contributed by atoms with E-state index in [4.69, 9.17) is 27.6 Å². The number of fused-ring (bicyclic) bond motifs is 1. The van der Waals surface area contributed by atoms with Gasteiger partial charge in [0.1, 0.15) is 9.73 Å². The lowest BCUT2D eigenvalue weighted by Gasteiger charge is -2.12. The fraction of sp³-hybridized carbons (Fsp3) is 0.0417. The van der Waals surface area contributed by atoms with E-state index in [2.05, 4.69) is 14.4 Å². The molecule has 2 heterocycles. The number of anilines is 2. The fourth-order valence-electron chi connectivity index (χ4n) is 3.55. The molecular formula is C24H14Cl2F3N3O5S3. The van der Waals surface area contributed by atoms with E-state index >= 15 is 0 Å². The molecule has 0 saturated heterocycles. The molecule has 8 nitrogen and oxygen atoms in total. The second kappa shape index (κ2) is 10.3. The number of rotatable bonds is 7. The first-order chi connectivity index (χ1) is 18.7. The van der Waals surface area contributed by atoms with Crippen LogP contribution in [0.5, 0.6) is 0 Å². The monoisotopic (exact) mass is 647 g/mol. The van der Waals surface area contributed by atoms with Crippen molar-refractivity contribution < 1.29 is 34.4 Å². The summed E-state index contributed by atoms with van der Waals surface area (Å²) in [6.45, 7) is 0. The Labute approximate surface area is 239 Å². The van der Waals surface area contributed by atoms with Gasteiger partial charge in [-0.25, -0.2) is 21.8 Å². The van der Waals surface area contributed by atoms with E-state index in [0.717, 1.165) is 23.5 Å². The van der Waals surface area contributed by atoms with Gasteiger partial charge in [-0.1, -0.05) is 23.2 Å². The average Bonchev–Trinajstić information content (AvgIpc) is 3.50. The minimum absolute atomic E-state index is 0.0364. The summed E-state index contributed by atoms with van der Waals surface area (Å²) in [5.74, 6) is 0.168. The van der Waals surface area contributed by atoms with Gasteiger partial charge in [-0.3, -0.25) is 9.44 Å². The molecule has 0 radical (unpaired) electrons. The molecule has 0 spiro atoms. The number of thiophene rings is 1. The molecule has 2 aromatic heterocycles. The van der Waals surface area contributed by atoms with E-state index < -0.39 is 41.7 Å². The van der Waals surface area contributed by atoms with Gasteiger partial charge in [-0.15, -0.1) is 11.3 Å². The Morgan fingerprint density at radius 1 is 0.800 bits per heavy atom. The maximum atomic E-state index is 13.2. The zero-order valence-electron chi connectivity index (χ0n) is 19.5. The highest BCUT2D eigenvalue weighted by molar-refractivity contribution is 7.94. The Hall–Kier alpha value is -3.30. The Bertz CT molecular complexity index is 1960. The van der Waals surface area contributed by atoms with Gasteiger partial charge in [0.2, 0.25) is 5.89 Å². The first kappa shape index (κ1) is 28.2. The van der Waals surface area contributed by atoms with Gasteiger partial charge in [0.05, 0.1) is 25.5 Å². The molecule has 0 aliphatic carbocycles. The van der Waals surface area contributed by atoms with E-state index in [1.807, 2.05) is 0 Å². The summed E-state index contributed by atoms with van der Waals surface area (Å²) in [5.41, 5.74) is 0.126. The van der Waals surface area contributed by atoms with Crippen LogP contribution in [0.15, 0.2) is 86.3 Å². The molecule has 16 heteroatoms. The third-order valence-electron chi connectivity index (χ3n) is 5.39. The summed E-state index contributed by atoms with van der Waals surface area (Å²) in [6, 6.07) is 15.5. The van der Waals surface area contributed by atoms with Gasteiger partial charge in [0, 0.05) is 11.3 Å². The topological polar surface area (TPSA) is 118 Å². The number of aromatic nitrogens is 1. The van der Waals surface area contributed by atoms with E-state index in [0.29, 0.717) is 21.5 Å². The lowest BCUT2D eigenvalue weighted by molar-refractivity contribution is -0.137. The maximum absolute atomic E-state index is 13.2. The molecule has 5 rings (SSSR count). The second-order valence-corrected chi connectivity index (χ2v) is 13.9. The van der Waals surface area contributed by atoms with E-state index in [1.54, 1.807) is 12.1 Å². The van der Waals surface area contributed by atoms with Crippen molar-refractivity contribution >= 4 is 77.1 Å². The van der Waals surface area contributed by atoms with Crippen LogP contribution in [0, 0.1) is 0 Å². The van der Waals surface area contributed by atoms with Crippen LogP contribution in [0.2, 0.25) is 9.36 Å². The van der Waals surface area contributed by atoms with Crippen molar-refractivity contribution in [3.8, 4) is 11.5 Å². The summed E-state index contributed by atoms with van der Waals surface area (Å²) in [6.07, 6.45) is -4.83. The molecule has 5 aromatic rings. The lowest BCUT2D eigenvalue weighted by Crippen LogP contribution is -2.15. The van der Waals surface area contributed by atoms with Crippen LogP contribution in [0.25, 0.3) is 22.6 Å². The number of hydrogen-bond donors (Lipinski definition) is 2. The largest absolute Gasteiger partial charge is 0.436 e. The first-order valence-corrected chi connectivity index (χ1v) is 15.4. The zero-order valence-corrected chi connectivity index (χ0v) is 23.5. The van der Waals surface area contributed by atoms with Crippen molar-refractivity contribution in [2.45, 2.75) is 15.3 Å². The highest BCUT2D eigenvalue weighted by Gasteiger charge is 2.34. The number of halogens is 5. The molecule has 0 amide bonds. The number of alkyl halides is 3. The number of nitrogens with zero attached hydrogens (tertiary/aromatic N) is 1. The number of nitrogens with one attached hydrogen (secondary N) is 2. The zero-order chi connectivity index (χ0) is 28.9. The highest BCUT2D eigenvalue weighted by Crippen LogP contribution is 2.36. The van der Waals surface area contributed by atoms with Crippen molar-refractivity contribution in [2.75, 3.05) is 9.44 Å². The van der Waals surface area contributed by atoms with Crippen molar-refractivity contribution in [1.29, 1.82) is 0 Å². The van der Waals surface area contributed by atoms with Gasteiger partial charge in [-0.2, -0.15) is 13.2 Å². The van der Waals surface area contributed by atoms with E-state index in [1.165, 1.54) is 42.5 Å². The third kappa shape index (κ3) is 5.90. The Balaban J connectivity index is 1.36. The summed E-state index contributed by atoms with van der Waals surface area (Å²) in [4.78, 5) is 3.72. The predicted molar refractivity (Wildman–Crippen MR) is 147 cm³/mol. The molecular weight excluding hydrogens is 634 g/mol. The molecule has 0 atom stereocenters. The first-order valence-electron chi connectivity index (χ1n) is 10.9. The summed E-state index contributed by atoms with van der Waals surface area (Å²) >= 11 is 12.3. The molecule has 0 aliphatic rings. The third-order valence-corrected chi connectivity index (χ3v) is 10.2. The van der Waals surface area contributed by atoms with Crippen molar-refractivity contribution in [1.82, 2.24) is 4.98 Å². The SMILES string of the molecule is O=S(=O)(Nc1ccc2oc(-c3ccc(NS(=O)(=O)c4ccc(Cl)s4)cc3)nc2c1)c1ccc(Cl)c(C(F)(F)F)c1. The summed E-state index contributed by atoms with van der Waals surface area (Å²) in [5, 5.41) is -0.624. The van der Waals surface area contributed by atoms with Crippen molar-refractivity contribution in [3.63, 3.8) is 0 Å². The molecule has 0 bridgehead atoms. The number of oxazole rings is 1. The normalized spacial score (nSPS) is 12.5. The minimum Gasteiger partial charge on any atom is -0.436 e. The summed E-state index contributed by atoms with van der Waals surface area (Å²) in [7, 11) is -8.21. The minimum atomic E-state index is -4.83. The van der Waals surface area contributed by atoms with Gasteiger partial charge >= 0.3 is 6.18 Å². The van der Waals surface area contributed by atoms with Crippen LogP contribution in [-0.2, 0) is 26.2 Å². The molecule has 208 valence electrons. The molecule has 40 heavy (non-hydrogen) atoms. The lowest BCUT2D eigenvalue weighted by atomic mass is 10.2. The maximum Gasteiger partial charge on any atom is 0.417 e. The molecule has 0 aliphatic heterocycles. The van der Waals surface area contributed by atoms with Crippen LogP contribution in [0.3, 0.4) is 0 Å². The Kier molecular flexibility index (Phi) is 7.25.